The van der Waals surface area contributed by atoms with Gasteiger partial charge in [0.25, 0.3) is 0 Å². The second-order valence-electron chi connectivity index (χ2n) is 2.01. The third kappa shape index (κ3) is 1.70. The van der Waals surface area contributed by atoms with E-state index in [9.17, 15) is 0 Å². The van der Waals surface area contributed by atoms with Crippen LogP contribution in [0.2, 0.25) is 0 Å². The Morgan fingerprint density at radius 1 is 1.60 bits per heavy atom. The normalized spacial score (nSPS) is 9.90. The molecule has 0 spiro atoms. The van der Waals surface area contributed by atoms with Crippen molar-refractivity contribution in [3.05, 3.63) is 28.0 Å². The molecule has 1 aromatic heterocycles. The van der Waals surface area contributed by atoms with E-state index in [4.69, 9.17) is 11.6 Å². The van der Waals surface area contributed by atoms with E-state index >= 15 is 0 Å². The van der Waals surface area contributed by atoms with E-state index in [2.05, 4.69) is 20.9 Å². The number of nitrogens with zero attached hydrogens (tertiary/aromatic N) is 1. The van der Waals surface area contributed by atoms with Gasteiger partial charge in [-0.15, -0.1) is 11.6 Å². The van der Waals surface area contributed by atoms with Crippen molar-refractivity contribution in [2.24, 2.45) is 0 Å². The van der Waals surface area contributed by atoms with Gasteiger partial charge in [-0.2, -0.15) is 0 Å². The summed E-state index contributed by atoms with van der Waals surface area (Å²) in [5.74, 6) is 0.534. The summed E-state index contributed by atoms with van der Waals surface area (Å²) >= 11 is 8.90. The number of alkyl halides is 1. The SMILES string of the molecule is Cc1nc(Br)ccc1CCl. The molecule has 3 heteroatoms. The summed E-state index contributed by atoms with van der Waals surface area (Å²) in [5, 5.41) is 0. The molecular formula is C7H7BrClN. The fourth-order valence-corrected chi connectivity index (χ4v) is 1.38. The van der Waals surface area contributed by atoms with Crippen LogP contribution in [0.5, 0.6) is 0 Å². The molecular weight excluding hydrogens is 213 g/mol. The first kappa shape index (κ1) is 8.02. The summed E-state index contributed by atoms with van der Waals surface area (Å²) in [6.07, 6.45) is 0. The quantitative estimate of drug-likeness (QED) is 0.524. The minimum absolute atomic E-state index is 0.534. The number of hydrogen-bond acceptors (Lipinski definition) is 1. The molecule has 54 valence electrons. The first-order valence-electron chi connectivity index (χ1n) is 2.92. The second-order valence-corrected chi connectivity index (χ2v) is 3.09. The van der Waals surface area contributed by atoms with Crippen molar-refractivity contribution in [2.75, 3.05) is 0 Å². The zero-order valence-electron chi connectivity index (χ0n) is 5.56. The Labute approximate surface area is 73.6 Å². The summed E-state index contributed by atoms with van der Waals surface area (Å²) in [4.78, 5) is 4.18. The van der Waals surface area contributed by atoms with Crippen LogP contribution in [0, 0.1) is 6.92 Å². The smallest absolute Gasteiger partial charge is 0.106 e. The Morgan fingerprint density at radius 2 is 2.30 bits per heavy atom. The van der Waals surface area contributed by atoms with Gasteiger partial charge in [-0.25, -0.2) is 4.98 Å². The van der Waals surface area contributed by atoms with Gasteiger partial charge >= 0.3 is 0 Å². The van der Waals surface area contributed by atoms with E-state index in [1.54, 1.807) is 0 Å². The maximum atomic E-state index is 5.63. The van der Waals surface area contributed by atoms with Crippen molar-refractivity contribution in [3.63, 3.8) is 0 Å². The fraction of sp³-hybridized carbons (Fsp3) is 0.286. The minimum Gasteiger partial charge on any atom is -0.246 e. The number of rotatable bonds is 1. The third-order valence-corrected chi connectivity index (χ3v) is 2.03. The van der Waals surface area contributed by atoms with Crippen LogP contribution in [0.4, 0.5) is 0 Å². The Morgan fingerprint density at radius 3 is 2.80 bits per heavy atom. The highest BCUT2D eigenvalue weighted by atomic mass is 79.9. The lowest BCUT2D eigenvalue weighted by atomic mass is 10.2. The highest BCUT2D eigenvalue weighted by molar-refractivity contribution is 9.10. The van der Waals surface area contributed by atoms with Crippen LogP contribution in [0.15, 0.2) is 16.7 Å². The van der Waals surface area contributed by atoms with E-state index in [0.29, 0.717) is 5.88 Å². The maximum absolute atomic E-state index is 5.63. The molecule has 0 aliphatic carbocycles. The number of aromatic nitrogens is 1. The van der Waals surface area contributed by atoms with Gasteiger partial charge in [0.1, 0.15) is 4.60 Å². The molecule has 1 aromatic rings. The van der Waals surface area contributed by atoms with Crippen LogP contribution in [0.3, 0.4) is 0 Å². The van der Waals surface area contributed by atoms with Crippen LogP contribution in [0.1, 0.15) is 11.3 Å². The molecule has 0 aromatic carbocycles. The predicted molar refractivity (Wildman–Crippen MR) is 46.2 cm³/mol. The lowest BCUT2D eigenvalue weighted by Crippen LogP contribution is -1.88. The van der Waals surface area contributed by atoms with E-state index in [1.165, 1.54) is 0 Å². The van der Waals surface area contributed by atoms with Gasteiger partial charge < -0.3 is 0 Å². The first-order valence-corrected chi connectivity index (χ1v) is 4.25. The summed E-state index contributed by atoms with van der Waals surface area (Å²) in [7, 11) is 0. The summed E-state index contributed by atoms with van der Waals surface area (Å²) in [6, 6.07) is 3.87. The third-order valence-electron chi connectivity index (χ3n) is 1.31. The van der Waals surface area contributed by atoms with Gasteiger partial charge in [-0.05, 0) is 34.5 Å². The van der Waals surface area contributed by atoms with Crippen molar-refractivity contribution in [3.8, 4) is 0 Å². The molecule has 0 saturated heterocycles. The van der Waals surface area contributed by atoms with Crippen LogP contribution >= 0.6 is 27.5 Å². The van der Waals surface area contributed by atoms with Crippen LogP contribution < -0.4 is 0 Å². The van der Waals surface area contributed by atoms with Crippen LogP contribution in [0.25, 0.3) is 0 Å². The first-order chi connectivity index (χ1) is 4.74. The molecule has 0 amide bonds. The van der Waals surface area contributed by atoms with E-state index in [1.807, 2.05) is 19.1 Å². The van der Waals surface area contributed by atoms with Crippen molar-refractivity contribution >= 4 is 27.5 Å². The fourth-order valence-electron chi connectivity index (χ4n) is 0.700. The average Bonchev–Trinajstić information content (AvgIpc) is 1.88. The van der Waals surface area contributed by atoms with Crippen molar-refractivity contribution in [2.45, 2.75) is 12.8 Å². The Hall–Kier alpha value is -0.0800. The minimum atomic E-state index is 0.534. The highest BCUT2D eigenvalue weighted by Gasteiger charge is 1.96. The monoisotopic (exact) mass is 219 g/mol. The van der Waals surface area contributed by atoms with Gasteiger partial charge in [0.15, 0.2) is 0 Å². The van der Waals surface area contributed by atoms with Gasteiger partial charge in [0.05, 0.1) is 0 Å². The van der Waals surface area contributed by atoms with Gasteiger partial charge in [-0.3, -0.25) is 0 Å². The molecule has 0 atom stereocenters. The molecule has 1 rings (SSSR count). The van der Waals surface area contributed by atoms with E-state index < -0.39 is 0 Å². The van der Waals surface area contributed by atoms with Crippen LogP contribution in [-0.2, 0) is 5.88 Å². The molecule has 0 aliphatic rings. The van der Waals surface area contributed by atoms with Gasteiger partial charge in [0.2, 0.25) is 0 Å². The summed E-state index contributed by atoms with van der Waals surface area (Å²) in [6.45, 7) is 1.95. The molecule has 1 nitrogen and oxygen atoms in total. The van der Waals surface area contributed by atoms with Crippen LogP contribution in [-0.4, -0.2) is 4.98 Å². The predicted octanol–water partition coefficient (Wildman–Crippen LogP) is 2.89. The number of halogens is 2. The number of aryl methyl sites for hydroxylation is 1. The summed E-state index contributed by atoms with van der Waals surface area (Å²) in [5.41, 5.74) is 2.08. The van der Waals surface area contributed by atoms with E-state index in [-0.39, 0.29) is 0 Å². The number of hydrogen-bond donors (Lipinski definition) is 0. The Bertz CT molecular complexity index is 237. The topological polar surface area (TPSA) is 12.9 Å². The van der Waals surface area contributed by atoms with Crippen molar-refractivity contribution < 1.29 is 0 Å². The highest BCUT2D eigenvalue weighted by Crippen LogP contribution is 2.12. The second kappa shape index (κ2) is 3.35. The molecule has 0 unspecified atom stereocenters. The molecule has 0 N–H and O–H groups in total. The lowest BCUT2D eigenvalue weighted by molar-refractivity contribution is 1.11. The van der Waals surface area contributed by atoms with Gasteiger partial charge in [0, 0.05) is 11.6 Å². The average molecular weight is 220 g/mol. The molecule has 0 radical (unpaired) electrons. The molecule has 0 aliphatic heterocycles. The Balaban J connectivity index is 3.07. The lowest BCUT2D eigenvalue weighted by Gasteiger charge is -1.99. The van der Waals surface area contributed by atoms with E-state index in [0.717, 1.165) is 15.9 Å². The van der Waals surface area contributed by atoms with Crippen molar-refractivity contribution in [1.29, 1.82) is 0 Å². The largest absolute Gasteiger partial charge is 0.246 e. The van der Waals surface area contributed by atoms with Gasteiger partial charge in [-0.1, -0.05) is 6.07 Å². The molecule has 0 saturated carbocycles. The molecule has 10 heavy (non-hydrogen) atoms. The molecule has 1 heterocycles. The zero-order valence-corrected chi connectivity index (χ0v) is 7.91. The summed E-state index contributed by atoms with van der Waals surface area (Å²) < 4.78 is 0.860. The standard InChI is InChI=1S/C7H7BrClN/c1-5-6(4-9)2-3-7(8)10-5/h2-3H,4H2,1H3. The maximum Gasteiger partial charge on any atom is 0.106 e. The van der Waals surface area contributed by atoms with Crippen molar-refractivity contribution in [1.82, 2.24) is 4.98 Å². The Kier molecular flexibility index (Phi) is 2.69. The molecule has 0 bridgehead atoms. The molecule has 0 fully saturated rings. The number of pyridine rings is 1. The zero-order chi connectivity index (χ0) is 7.56.